The van der Waals surface area contributed by atoms with Crippen LogP contribution >= 0.6 is 12.2 Å². The van der Waals surface area contributed by atoms with Gasteiger partial charge in [0.1, 0.15) is 5.75 Å². The van der Waals surface area contributed by atoms with Gasteiger partial charge < -0.3 is 10.5 Å². The van der Waals surface area contributed by atoms with Gasteiger partial charge >= 0.3 is 0 Å². The standard InChI is InChI=1S/C15H23NOS/c1-5-6-17-13-7-10(2)14(11(3)8-13)9-12(4)15(16)18/h7-8,12H,5-6,9H2,1-4H3,(H2,16,18). The van der Waals surface area contributed by atoms with Crippen LogP contribution in [0.4, 0.5) is 0 Å². The molecular weight excluding hydrogens is 242 g/mol. The van der Waals surface area contributed by atoms with Crippen molar-refractivity contribution in [3.8, 4) is 5.75 Å². The predicted molar refractivity (Wildman–Crippen MR) is 81.4 cm³/mol. The molecule has 2 nitrogen and oxygen atoms in total. The Bertz CT molecular complexity index is 405. The molecule has 1 aromatic rings. The second kappa shape index (κ2) is 6.74. The highest BCUT2D eigenvalue weighted by atomic mass is 32.1. The molecule has 1 rings (SSSR count). The molecular formula is C15H23NOS. The molecule has 3 heteroatoms. The average Bonchev–Trinajstić information content (AvgIpc) is 2.30. The van der Waals surface area contributed by atoms with E-state index >= 15 is 0 Å². The lowest BCUT2D eigenvalue weighted by molar-refractivity contribution is 0.317. The summed E-state index contributed by atoms with van der Waals surface area (Å²) in [7, 11) is 0. The molecule has 100 valence electrons. The van der Waals surface area contributed by atoms with Gasteiger partial charge in [0.05, 0.1) is 11.6 Å². The average molecular weight is 265 g/mol. The molecule has 0 aliphatic carbocycles. The topological polar surface area (TPSA) is 35.2 Å². The predicted octanol–water partition coefficient (Wildman–Crippen LogP) is 3.56. The molecule has 18 heavy (non-hydrogen) atoms. The molecule has 2 N–H and O–H groups in total. The Morgan fingerprint density at radius 3 is 2.33 bits per heavy atom. The minimum atomic E-state index is 0.236. The lowest BCUT2D eigenvalue weighted by Crippen LogP contribution is -2.21. The molecule has 0 heterocycles. The highest BCUT2D eigenvalue weighted by Gasteiger charge is 2.12. The van der Waals surface area contributed by atoms with Crippen molar-refractivity contribution >= 4 is 17.2 Å². The van der Waals surface area contributed by atoms with Crippen molar-refractivity contribution in [1.82, 2.24) is 0 Å². The number of thiocarbonyl (C=S) groups is 1. The molecule has 0 amide bonds. The third-order valence-electron chi connectivity index (χ3n) is 3.14. The normalized spacial score (nSPS) is 12.2. The van der Waals surface area contributed by atoms with Gasteiger partial charge in [-0.15, -0.1) is 0 Å². The summed E-state index contributed by atoms with van der Waals surface area (Å²) in [6.45, 7) is 9.18. The van der Waals surface area contributed by atoms with E-state index in [0.717, 1.165) is 25.2 Å². The van der Waals surface area contributed by atoms with E-state index in [1.54, 1.807) is 0 Å². The minimum absolute atomic E-state index is 0.236. The number of nitrogens with two attached hydrogens (primary N) is 1. The highest BCUT2D eigenvalue weighted by molar-refractivity contribution is 7.80. The fourth-order valence-corrected chi connectivity index (χ4v) is 2.07. The maximum absolute atomic E-state index is 5.69. The number of aryl methyl sites for hydroxylation is 2. The van der Waals surface area contributed by atoms with Crippen molar-refractivity contribution in [2.45, 2.75) is 40.5 Å². The largest absolute Gasteiger partial charge is 0.494 e. The van der Waals surface area contributed by atoms with E-state index in [9.17, 15) is 0 Å². The second-order valence-electron chi connectivity index (χ2n) is 4.89. The first kappa shape index (κ1) is 15.0. The Labute approximate surface area is 116 Å². The van der Waals surface area contributed by atoms with Gasteiger partial charge in [-0.25, -0.2) is 0 Å². The van der Waals surface area contributed by atoms with Crippen molar-refractivity contribution in [1.29, 1.82) is 0 Å². The Balaban J connectivity index is 2.90. The van der Waals surface area contributed by atoms with Crippen LogP contribution < -0.4 is 10.5 Å². The number of ether oxygens (including phenoxy) is 1. The van der Waals surface area contributed by atoms with E-state index in [0.29, 0.717) is 4.99 Å². The van der Waals surface area contributed by atoms with Crippen LogP contribution in [0.15, 0.2) is 12.1 Å². The first-order chi connectivity index (χ1) is 8.45. The fourth-order valence-electron chi connectivity index (χ4n) is 1.99. The van der Waals surface area contributed by atoms with Gasteiger partial charge in [-0.2, -0.15) is 0 Å². The van der Waals surface area contributed by atoms with E-state index in [1.165, 1.54) is 16.7 Å². The van der Waals surface area contributed by atoms with Crippen molar-refractivity contribution < 1.29 is 4.74 Å². The number of benzene rings is 1. The van der Waals surface area contributed by atoms with Crippen molar-refractivity contribution in [3.63, 3.8) is 0 Å². The molecule has 1 unspecified atom stereocenters. The lowest BCUT2D eigenvalue weighted by atomic mass is 9.93. The van der Waals surface area contributed by atoms with Crippen LogP contribution in [0.3, 0.4) is 0 Å². The van der Waals surface area contributed by atoms with Gasteiger partial charge in [0.2, 0.25) is 0 Å². The van der Waals surface area contributed by atoms with Crippen molar-refractivity contribution in [2.24, 2.45) is 11.7 Å². The van der Waals surface area contributed by atoms with Gasteiger partial charge in [-0.05, 0) is 55.5 Å². The third-order valence-corrected chi connectivity index (χ3v) is 3.54. The fraction of sp³-hybridized carbons (Fsp3) is 0.533. The molecule has 0 aliphatic heterocycles. The second-order valence-corrected chi connectivity index (χ2v) is 5.36. The van der Waals surface area contributed by atoms with Gasteiger partial charge in [-0.1, -0.05) is 26.1 Å². The first-order valence-electron chi connectivity index (χ1n) is 6.48. The lowest BCUT2D eigenvalue weighted by Gasteiger charge is -2.16. The molecule has 1 aromatic carbocycles. The highest BCUT2D eigenvalue weighted by Crippen LogP contribution is 2.24. The monoisotopic (exact) mass is 265 g/mol. The zero-order chi connectivity index (χ0) is 13.7. The van der Waals surface area contributed by atoms with Gasteiger partial charge in [-0.3, -0.25) is 0 Å². The molecule has 0 saturated heterocycles. The number of hydrogen-bond donors (Lipinski definition) is 1. The van der Waals surface area contributed by atoms with Crippen LogP contribution in [0.5, 0.6) is 5.75 Å². The molecule has 0 radical (unpaired) electrons. The smallest absolute Gasteiger partial charge is 0.119 e. The van der Waals surface area contributed by atoms with E-state index in [2.05, 4.69) is 39.8 Å². The van der Waals surface area contributed by atoms with Crippen LogP contribution in [0, 0.1) is 19.8 Å². The van der Waals surface area contributed by atoms with Crippen molar-refractivity contribution in [2.75, 3.05) is 6.61 Å². The molecule has 0 aromatic heterocycles. The molecule has 0 aliphatic rings. The molecule has 1 atom stereocenters. The third kappa shape index (κ3) is 3.98. The van der Waals surface area contributed by atoms with E-state index in [4.69, 9.17) is 22.7 Å². The summed E-state index contributed by atoms with van der Waals surface area (Å²) < 4.78 is 5.67. The summed E-state index contributed by atoms with van der Waals surface area (Å²) in [5.41, 5.74) is 9.53. The summed E-state index contributed by atoms with van der Waals surface area (Å²) >= 11 is 5.04. The number of rotatable bonds is 6. The summed E-state index contributed by atoms with van der Waals surface area (Å²) in [5, 5.41) is 0. The Kier molecular flexibility index (Phi) is 5.60. The van der Waals surface area contributed by atoms with Crippen LogP contribution in [0.1, 0.15) is 37.0 Å². The Morgan fingerprint density at radius 1 is 1.33 bits per heavy atom. The van der Waals surface area contributed by atoms with E-state index in [-0.39, 0.29) is 5.92 Å². The van der Waals surface area contributed by atoms with Crippen LogP contribution in [-0.4, -0.2) is 11.6 Å². The molecule has 0 spiro atoms. The summed E-state index contributed by atoms with van der Waals surface area (Å²) in [6.07, 6.45) is 1.93. The van der Waals surface area contributed by atoms with Crippen molar-refractivity contribution in [3.05, 3.63) is 28.8 Å². The molecule has 0 bridgehead atoms. The maximum atomic E-state index is 5.69. The van der Waals surface area contributed by atoms with E-state index < -0.39 is 0 Å². The van der Waals surface area contributed by atoms with Gasteiger partial charge in [0, 0.05) is 5.92 Å². The first-order valence-corrected chi connectivity index (χ1v) is 6.88. The zero-order valence-corrected chi connectivity index (χ0v) is 12.6. The SMILES string of the molecule is CCCOc1cc(C)c(CC(C)C(N)=S)c(C)c1. The zero-order valence-electron chi connectivity index (χ0n) is 11.7. The quantitative estimate of drug-likeness (QED) is 0.799. The molecule has 0 saturated carbocycles. The van der Waals surface area contributed by atoms with Gasteiger partial charge in [0.25, 0.3) is 0 Å². The Hall–Kier alpha value is -1.09. The van der Waals surface area contributed by atoms with Crippen LogP contribution in [0.2, 0.25) is 0 Å². The van der Waals surface area contributed by atoms with Gasteiger partial charge in [0.15, 0.2) is 0 Å². The summed E-state index contributed by atoms with van der Waals surface area (Å²) in [4.78, 5) is 0.583. The van der Waals surface area contributed by atoms with Crippen LogP contribution in [-0.2, 0) is 6.42 Å². The summed E-state index contributed by atoms with van der Waals surface area (Å²) in [5.74, 6) is 1.19. The maximum Gasteiger partial charge on any atom is 0.119 e. The summed E-state index contributed by atoms with van der Waals surface area (Å²) in [6, 6.07) is 4.20. The number of hydrogen-bond acceptors (Lipinski definition) is 2. The Morgan fingerprint density at radius 2 is 1.89 bits per heavy atom. The minimum Gasteiger partial charge on any atom is -0.494 e. The van der Waals surface area contributed by atoms with E-state index in [1.807, 2.05) is 0 Å². The van der Waals surface area contributed by atoms with Crippen LogP contribution in [0.25, 0.3) is 0 Å². The molecule has 0 fully saturated rings.